The lowest BCUT2D eigenvalue weighted by molar-refractivity contribution is -0.129. The van der Waals surface area contributed by atoms with E-state index in [9.17, 15) is 4.79 Å². The molecule has 0 aromatic carbocycles. The van der Waals surface area contributed by atoms with E-state index in [1.54, 1.807) is 0 Å². The van der Waals surface area contributed by atoms with Crippen molar-refractivity contribution in [1.82, 2.24) is 19.8 Å². The second kappa shape index (κ2) is 9.39. The molecule has 0 amide bonds. The molecule has 0 N–H and O–H groups in total. The van der Waals surface area contributed by atoms with Crippen LogP contribution in [0.15, 0.2) is 48.8 Å². The van der Waals surface area contributed by atoms with Gasteiger partial charge in [0.1, 0.15) is 5.78 Å². The summed E-state index contributed by atoms with van der Waals surface area (Å²) < 4.78 is 0. The first kappa shape index (κ1) is 19.2. The molecule has 148 valence electrons. The lowest BCUT2D eigenvalue weighted by atomic mass is 9.81. The number of nitrogens with zero attached hydrogens (tertiary/aromatic N) is 4. The van der Waals surface area contributed by atoms with Gasteiger partial charge in [0.15, 0.2) is 0 Å². The van der Waals surface area contributed by atoms with E-state index < -0.39 is 0 Å². The molecule has 2 aromatic heterocycles. The van der Waals surface area contributed by atoms with Gasteiger partial charge in [-0.05, 0) is 76.1 Å². The average Bonchev–Trinajstić information content (AvgIpc) is 2.76. The number of pyridine rings is 2. The van der Waals surface area contributed by atoms with Gasteiger partial charge in [-0.1, -0.05) is 12.1 Å². The minimum Gasteiger partial charge on any atom is -0.299 e. The number of carbonyl (C=O) groups excluding carboxylic acids is 1. The zero-order valence-corrected chi connectivity index (χ0v) is 16.5. The van der Waals surface area contributed by atoms with Gasteiger partial charge in [-0.25, -0.2) is 0 Å². The largest absolute Gasteiger partial charge is 0.299 e. The maximum atomic E-state index is 13.0. The highest BCUT2D eigenvalue weighted by atomic mass is 16.1. The van der Waals surface area contributed by atoms with Crippen molar-refractivity contribution < 1.29 is 4.79 Å². The van der Waals surface area contributed by atoms with Gasteiger partial charge in [0.25, 0.3) is 0 Å². The summed E-state index contributed by atoms with van der Waals surface area (Å²) in [6.45, 7) is 5.81. The van der Waals surface area contributed by atoms with Gasteiger partial charge in [0.2, 0.25) is 0 Å². The van der Waals surface area contributed by atoms with Crippen LogP contribution in [0.1, 0.15) is 37.1 Å². The van der Waals surface area contributed by atoms with Crippen molar-refractivity contribution >= 4 is 5.78 Å². The van der Waals surface area contributed by atoms with E-state index in [1.165, 1.54) is 0 Å². The molecule has 0 aliphatic carbocycles. The Morgan fingerprint density at radius 2 is 1.18 bits per heavy atom. The number of ketones is 1. The molecule has 0 saturated carbocycles. The minimum absolute atomic E-state index is 0.257. The highest BCUT2D eigenvalue weighted by Gasteiger charge is 2.32. The lowest BCUT2D eigenvalue weighted by Gasteiger charge is -2.35. The number of rotatable bonds is 6. The van der Waals surface area contributed by atoms with Crippen LogP contribution in [-0.2, 0) is 17.9 Å². The first-order valence-corrected chi connectivity index (χ1v) is 10.6. The molecule has 0 bridgehead atoms. The van der Waals surface area contributed by atoms with Crippen molar-refractivity contribution in [3.8, 4) is 0 Å². The van der Waals surface area contributed by atoms with Crippen LogP contribution >= 0.6 is 0 Å². The van der Waals surface area contributed by atoms with Crippen molar-refractivity contribution in [3.63, 3.8) is 0 Å². The number of hydrogen-bond acceptors (Lipinski definition) is 5. The fourth-order valence-electron chi connectivity index (χ4n) is 4.53. The van der Waals surface area contributed by atoms with E-state index >= 15 is 0 Å². The van der Waals surface area contributed by atoms with Gasteiger partial charge in [-0.2, -0.15) is 0 Å². The Balaban J connectivity index is 1.20. The van der Waals surface area contributed by atoms with Crippen LogP contribution in [0.5, 0.6) is 0 Å². The minimum atomic E-state index is 0.257. The fourth-order valence-corrected chi connectivity index (χ4v) is 4.53. The SMILES string of the molecule is O=C(C1CCN(Cc2ccccn2)CC1)C1CCN(Cc2ccccn2)CC1. The third kappa shape index (κ3) is 5.03. The molecule has 28 heavy (non-hydrogen) atoms. The normalized spacial score (nSPS) is 20.3. The number of piperidine rings is 2. The molecule has 2 aliphatic rings. The van der Waals surface area contributed by atoms with Crippen molar-refractivity contribution in [2.45, 2.75) is 38.8 Å². The van der Waals surface area contributed by atoms with E-state index in [2.05, 4.69) is 31.9 Å². The number of aromatic nitrogens is 2. The Kier molecular flexibility index (Phi) is 6.45. The lowest BCUT2D eigenvalue weighted by Crippen LogP contribution is -2.41. The van der Waals surface area contributed by atoms with Crippen LogP contribution in [0.4, 0.5) is 0 Å². The molecule has 2 aliphatic heterocycles. The highest BCUT2D eigenvalue weighted by molar-refractivity contribution is 5.83. The maximum absolute atomic E-state index is 13.0. The first-order valence-electron chi connectivity index (χ1n) is 10.6. The van der Waals surface area contributed by atoms with Crippen LogP contribution in [-0.4, -0.2) is 51.7 Å². The van der Waals surface area contributed by atoms with E-state index in [-0.39, 0.29) is 11.8 Å². The van der Waals surface area contributed by atoms with Gasteiger partial charge in [0, 0.05) is 37.3 Å². The zero-order chi connectivity index (χ0) is 19.2. The Bertz CT molecular complexity index is 672. The van der Waals surface area contributed by atoms with E-state index in [1.807, 2.05) is 36.7 Å². The number of likely N-dealkylation sites (tertiary alicyclic amines) is 2. The van der Waals surface area contributed by atoms with Crippen LogP contribution in [0, 0.1) is 11.8 Å². The van der Waals surface area contributed by atoms with Gasteiger partial charge < -0.3 is 0 Å². The number of hydrogen-bond donors (Lipinski definition) is 0. The Hall–Kier alpha value is -2.11. The first-order chi connectivity index (χ1) is 13.8. The van der Waals surface area contributed by atoms with Crippen molar-refractivity contribution in [2.24, 2.45) is 11.8 Å². The topological polar surface area (TPSA) is 49.3 Å². The van der Waals surface area contributed by atoms with Gasteiger partial charge in [0.05, 0.1) is 11.4 Å². The average molecular weight is 379 g/mol. The molecule has 4 heterocycles. The van der Waals surface area contributed by atoms with E-state index in [4.69, 9.17) is 0 Å². The molecule has 5 heteroatoms. The molecule has 0 radical (unpaired) electrons. The maximum Gasteiger partial charge on any atom is 0.139 e. The van der Waals surface area contributed by atoms with Gasteiger partial charge >= 0.3 is 0 Å². The molecule has 0 unspecified atom stereocenters. The molecule has 4 rings (SSSR count). The van der Waals surface area contributed by atoms with Crippen molar-refractivity contribution in [2.75, 3.05) is 26.2 Å². The highest BCUT2D eigenvalue weighted by Crippen LogP contribution is 2.28. The predicted molar refractivity (Wildman–Crippen MR) is 109 cm³/mol. The molecular weight excluding hydrogens is 348 g/mol. The molecule has 0 atom stereocenters. The van der Waals surface area contributed by atoms with Crippen molar-refractivity contribution in [3.05, 3.63) is 60.2 Å². The zero-order valence-electron chi connectivity index (χ0n) is 16.5. The third-order valence-corrected chi connectivity index (χ3v) is 6.20. The monoisotopic (exact) mass is 378 g/mol. The smallest absolute Gasteiger partial charge is 0.139 e. The van der Waals surface area contributed by atoms with Crippen LogP contribution in [0.25, 0.3) is 0 Å². The Labute approximate surface area is 167 Å². The van der Waals surface area contributed by atoms with Gasteiger partial charge in [-0.15, -0.1) is 0 Å². The molecule has 2 fully saturated rings. The summed E-state index contributed by atoms with van der Waals surface area (Å²) in [4.78, 5) is 26.7. The summed E-state index contributed by atoms with van der Waals surface area (Å²) in [5, 5.41) is 0. The predicted octanol–water partition coefficient (Wildman–Crippen LogP) is 3.17. The van der Waals surface area contributed by atoms with Crippen LogP contribution in [0.2, 0.25) is 0 Å². The Morgan fingerprint density at radius 3 is 1.54 bits per heavy atom. The summed E-state index contributed by atoms with van der Waals surface area (Å²) in [7, 11) is 0. The molecular formula is C23H30N4O. The van der Waals surface area contributed by atoms with Crippen LogP contribution in [0.3, 0.4) is 0 Å². The Morgan fingerprint density at radius 1 is 0.750 bits per heavy atom. The van der Waals surface area contributed by atoms with E-state index in [0.29, 0.717) is 5.78 Å². The number of carbonyl (C=O) groups is 1. The summed E-state index contributed by atoms with van der Waals surface area (Å²) >= 11 is 0. The molecule has 5 nitrogen and oxygen atoms in total. The van der Waals surface area contributed by atoms with E-state index in [0.717, 1.165) is 76.3 Å². The molecule has 0 spiro atoms. The van der Waals surface area contributed by atoms with Gasteiger partial charge in [-0.3, -0.25) is 24.6 Å². The summed E-state index contributed by atoms with van der Waals surface area (Å²) in [5.41, 5.74) is 2.24. The second-order valence-corrected chi connectivity index (χ2v) is 8.15. The standard InChI is InChI=1S/C23H30N4O/c28-23(19-7-13-26(14-8-19)17-21-5-1-3-11-24-21)20-9-15-27(16-10-20)18-22-6-2-4-12-25-22/h1-6,11-12,19-20H,7-10,13-18H2. The van der Waals surface area contributed by atoms with Crippen molar-refractivity contribution in [1.29, 1.82) is 0 Å². The number of Topliss-reactive ketones (excluding diaryl/α,β-unsaturated/α-hetero) is 1. The van der Waals surface area contributed by atoms with Crippen LogP contribution < -0.4 is 0 Å². The summed E-state index contributed by atoms with van der Waals surface area (Å²) in [6.07, 6.45) is 7.71. The second-order valence-electron chi connectivity index (χ2n) is 8.15. The third-order valence-electron chi connectivity index (χ3n) is 6.20. The summed E-state index contributed by atoms with van der Waals surface area (Å²) in [5.74, 6) is 1.04. The molecule has 2 aromatic rings. The quantitative estimate of drug-likeness (QED) is 0.773. The fraction of sp³-hybridized carbons (Fsp3) is 0.522. The summed E-state index contributed by atoms with van der Waals surface area (Å²) in [6, 6.07) is 12.1. The molecule has 2 saturated heterocycles.